The first kappa shape index (κ1) is 22.7. The fourth-order valence-electron chi connectivity index (χ4n) is 3.24. The Labute approximate surface area is 179 Å². The molecule has 1 N–H and O–H groups in total. The Bertz CT molecular complexity index is 928. The maximum absolute atomic E-state index is 12.4. The van der Waals surface area contributed by atoms with E-state index in [1.54, 1.807) is 11.0 Å². The number of carbonyl (C=O) groups excluding carboxylic acids is 1. The number of halogens is 3. The van der Waals surface area contributed by atoms with Gasteiger partial charge in [0.15, 0.2) is 0 Å². The second-order valence-electron chi connectivity index (χ2n) is 7.58. The third-order valence-electron chi connectivity index (χ3n) is 5.17. The molecule has 2 amide bonds. The van der Waals surface area contributed by atoms with Gasteiger partial charge in [0.25, 0.3) is 0 Å². The van der Waals surface area contributed by atoms with Crippen LogP contribution < -0.4 is 10.1 Å². The predicted octanol–water partition coefficient (Wildman–Crippen LogP) is 5.72. The monoisotopic (exact) mass is 437 g/mol. The summed E-state index contributed by atoms with van der Waals surface area (Å²) >= 11 is 0. The number of nitrogens with zero attached hydrogens (tertiary/aromatic N) is 2. The Balaban J connectivity index is 1.49. The van der Waals surface area contributed by atoms with Crippen LogP contribution in [0.2, 0.25) is 0 Å². The van der Waals surface area contributed by atoms with Gasteiger partial charge in [-0.15, -0.1) is 0 Å². The average molecular weight is 437 g/mol. The normalized spacial score (nSPS) is 14.5. The van der Waals surface area contributed by atoms with Crippen molar-refractivity contribution in [1.82, 2.24) is 10.1 Å². The molecule has 0 aliphatic carbocycles. The van der Waals surface area contributed by atoms with Crippen molar-refractivity contribution in [2.75, 3.05) is 25.0 Å². The van der Waals surface area contributed by atoms with Crippen molar-refractivity contribution in [3.63, 3.8) is 0 Å². The second kappa shape index (κ2) is 9.89. The van der Waals surface area contributed by atoms with Crippen molar-refractivity contribution in [3.05, 3.63) is 46.7 Å². The number of urea groups is 1. The van der Waals surface area contributed by atoms with Gasteiger partial charge in [-0.25, -0.2) is 4.79 Å². The third-order valence-corrected chi connectivity index (χ3v) is 5.17. The first-order chi connectivity index (χ1) is 14.7. The maximum atomic E-state index is 12.4. The highest BCUT2D eigenvalue weighted by atomic mass is 19.4. The molecule has 6 nitrogen and oxygen atoms in total. The number of anilines is 1. The molecule has 0 unspecified atom stereocenters. The number of carbonyl (C=O) groups is 1. The van der Waals surface area contributed by atoms with Gasteiger partial charge in [0, 0.05) is 25.1 Å². The molecule has 2 heterocycles. The van der Waals surface area contributed by atoms with Gasteiger partial charge >= 0.3 is 12.2 Å². The zero-order chi connectivity index (χ0) is 22.4. The van der Waals surface area contributed by atoms with Gasteiger partial charge in [-0.1, -0.05) is 28.9 Å². The summed E-state index contributed by atoms with van der Waals surface area (Å²) in [6.07, 6.45) is -1.57. The minimum Gasteiger partial charge on any atom is -0.494 e. The Morgan fingerprint density at radius 3 is 2.68 bits per heavy atom. The molecule has 2 aromatic rings. The van der Waals surface area contributed by atoms with Crippen molar-refractivity contribution < 1.29 is 27.2 Å². The number of alkyl halides is 3. The van der Waals surface area contributed by atoms with Crippen LogP contribution in [0, 0.1) is 13.8 Å². The Morgan fingerprint density at radius 2 is 2.03 bits per heavy atom. The molecule has 1 aliphatic heterocycles. The molecule has 1 fully saturated rings. The number of benzene rings is 1. The van der Waals surface area contributed by atoms with Gasteiger partial charge < -0.3 is 14.2 Å². The Hall–Kier alpha value is -2.97. The predicted molar refractivity (Wildman–Crippen MR) is 111 cm³/mol. The molecule has 0 radical (unpaired) electrons. The van der Waals surface area contributed by atoms with E-state index in [1.165, 1.54) is 5.57 Å². The SMILES string of the molecule is Cc1noc(NC(=O)N2CCC(=Cc3cccc(OCCCC(F)(F)F)c3)CC2)c1C. The molecule has 1 aromatic carbocycles. The number of aromatic nitrogens is 1. The first-order valence-corrected chi connectivity index (χ1v) is 10.2. The van der Waals surface area contributed by atoms with E-state index in [1.807, 2.05) is 38.1 Å². The van der Waals surface area contributed by atoms with Gasteiger partial charge in [-0.05, 0) is 50.8 Å². The van der Waals surface area contributed by atoms with Crippen molar-refractivity contribution in [3.8, 4) is 5.75 Å². The lowest BCUT2D eigenvalue weighted by molar-refractivity contribution is -0.136. The number of amides is 2. The average Bonchev–Trinajstić information content (AvgIpc) is 3.03. The summed E-state index contributed by atoms with van der Waals surface area (Å²) in [5, 5.41) is 6.59. The summed E-state index contributed by atoms with van der Waals surface area (Å²) in [4.78, 5) is 14.2. The molecule has 0 saturated carbocycles. The van der Waals surface area contributed by atoms with E-state index >= 15 is 0 Å². The summed E-state index contributed by atoms with van der Waals surface area (Å²) in [7, 11) is 0. The van der Waals surface area contributed by atoms with Crippen LogP contribution in [0.15, 0.2) is 34.4 Å². The van der Waals surface area contributed by atoms with Crippen molar-refractivity contribution in [2.24, 2.45) is 0 Å². The lowest BCUT2D eigenvalue weighted by atomic mass is 10.0. The Kier molecular flexibility index (Phi) is 7.25. The van der Waals surface area contributed by atoms with E-state index in [-0.39, 0.29) is 19.1 Å². The number of likely N-dealkylation sites (tertiary alicyclic amines) is 1. The lowest BCUT2D eigenvalue weighted by Crippen LogP contribution is -2.39. The number of hydrogen-bond acceptors (Lipinski definition) is 4. The third kappa shape index (κ3) is 6.77. The van der Waals surface area contributed by atoms with E-state index < -0.39 is 12.6 Å². The number of nitrogens with one attached hydrogen (secondary N) is 1. The van der Waals surface area contributed by atoms with Crippen LogP contribution in [-0.4, -0.2) is 42.0 Å². The molecule has 0 bridgehead atoms. The van der Waals surface area contributed by atoms with Gasteiger partial charge in [0.05, 0.1) is 12.3 Å². The highest BCUT2D eigenvalue weighted by Gasteiger charge is 2.26. The van der Waals surface area contributed by atoms with Crippen LogP contribution in [0.1, 0.15) is 42.5 Å². The number of piperidine rings is 1. The zero-order valence-corrected chi connectivity index (χ0v) is 17.6. The van der Waals surface area contributed by atoms with Gasteiger partial charge in [0.1, 0.15) is 5.75 Å². The fourth-order valence-corrected chi connectivity index (χ4v) is 3.24. The van der Waals surface area contributed by atoms with Crippen molar-refractivity contribution in [2.45, 2.75) is 45.7 Å². The summed E-state index contributed by atoms with van der Waals surface area (Å²) in [6, 6.07) is 7.07. The topological polar surface area (TPSA) is 67.6 Å². The Morgan fingerprint density at radius 1 is 1.29 bits per heavy atom. The molecule has 0 atom stereocenters. The highest BCUT2D eigenvalue weighted by Crippen LogP contribution is 2.24. The molecular weight excluding hydrogens is 411 g/mol. The molecule has 9 heteroatoms. The van der Waals surface area contributed by atoms with E-state index in [4.69, 9.17) is 9.26 Å². The van der Waals surface area contributed by atoms with Crippen LogP contribution >= 0.6 is 0 Å². The molecule has 1 aromatic heterocycles. The minimum atomic E-state index is -4.16. The smallest absolute Gasteiger partial charge is 0.389 e. The number of aryl methyl sites for hydroxylation is 1. The summed E-state index contributed by atoms with van der Waals surface area (Å²) in [6.45, 7) is 4.84. The molecule has 1 saturated heterocycles. The molecule has 0 spiro atoms. The van der Waals surface area contributed by atoms with Gasteiger partial charge in [0.2, 0.25) is 5.88 Å². The molecule has 31 heavy (non-hydrogen) atoms. The second-order valence-corrected chi connectivity index (χ2v) is 7.58. The molecule has 3 rings (SSSR count). The molecule has 168 valence electrons. The molecular formula is C22H26F3N3O3. The van der Waals surface area contributed by atoms with Crippen LogP contribution in [0.3, 0.4) is 0 Å². The number of hydrogen-bond donors (Lipinski definition) is 1. The zero-order valence-electron chi connectivity index (χ0n) is 17.6. The van der Waals surface area contributed by atoms with Crippen LogP contribution in [-0.2, 0) is 0 Å². The minimum absolute atomic E-state index is 0.0216. The largest absolute Gasteiger partial charge is 0.494 e. The van der Waals surface area contributed by atoms with Crippen molar-refractivity contribution >= 4 is 18.0 Å². The fraction of sp³-hybridized carbons (Fsp3) is 0.455. The van der Waals surface area contributed by atoms with Crippen LogP contribution in [0.5, 0.6) is 5.75 Å². The number of rotatable bonds is 6. The standard InChI is InChI=1S/C22H26F3N3O3/c1-15-16(2)27-31-20(15)26-21(29)28-10-7-17(8-11-28)13-18-5-3-6-19(14-18)30-12-4-9-22(23,24)25/h3,5-6,13-14H,4,7-12H2,1-2H3,(H,26,29). The maximum Gasteiger partial charge on any atom is 0.389 e. The quantitative estimate of drug-likeness (QED) is 0.587. The van der Waals surface area contributed by atoms with E-state index in [0.29, 0.717) is 24.7 Å². The first-order valence-electron chi connectivity index (χ1n) is 10.2. The van der Waals surface area contributed by atoms with Crippen LogP contribution in [0.25, 0.3) is 6.08 Å². The van der Waals surface area contributed by atoms with E-state index in [9.17, 15) is 18.0 Å². The van der Waals surface area contributed by atoms with E-state index in [2.05, 4.69) is 10.5 Å². The van der Waals surface area contributed by atoms with Gasteiger partial charge in [-0.2, -0.15) is 13.2 Å². The summed E-state index contributed by atoms with van der Waals surface area (Å²) in [5.74, 6) is 0.918. The van der Waals surface area contributed by atoms with Crippen LogP contribution in [0.4, 0.5) is 23.8 Å². The van der Waals surface area contributed by atoms with Crippen molar-refractivity contribution in [1.29, 1.82) is 0 Å². The lowest BCUT2D eigenvalue weighted by Gasteiger charge is -2.28. The molecule has 1 aliphatic rings. The summed E-state index contributed by atoms with van der Waals surface area (Å²) in [5.41, 5.74) is 3.68. The highest BCUT2D eigenvalue weighted by molar-refractivity contribution is 5.88. The van der Waals surface area contributed by atoms with E-state index in [0.717, 1.165) is 29.7 Å². The summed E-state index contributed by atoms with van der Waals surface area (Å²) < 4.78 is 47.2. The van der Waals surface area contributed by atoms with Gasteiger partial charge in [-0.3, -0.25) is 5.32 Å². The number of ether oxygens (including phenoxy) is 1.